The Labute approximate surface area is 152 Å². The van der Waals surface area contributed by atoms with Gasteiger partial charge in [-0.2, -0.15) is 0 Å². The molecule has 0 spiro atoms. The summed E-state index contributed by atoms with van der Waals surface area (Å²) < 4.78 is 42.4. The normalized spacial score (nSPS) is 11.6. The standard InChI is InChI=1S/C18H25F2NO5/c1-18(2,3)17(23)21(10-15(22)24-4)9-11-7-13(19)14(20)8-12(11)16(25-5)26-6/h7-8,16H,9-10H2,1-6H3. The number of amides is 1. The van der Waals surface area contributed by atoms with Crippen molar-refractivity contribution >= 4 is 11.9 Å². The van der Waals surface area contributed by atoms with Crippen LogP contribution in [0.4, 0.5) is 8.78 Å². The number of nitrogens with zero attached hydrogens (tertiary/aromatic N) is 1. The summed E-state index contributed by atoms with van der Waals surface area (Å²) in [6, 6.07) is 1.93. The van der Waals surface area contributed by atoms with Gasteiger partial charge in [0.15, 0.2) is 17.9 Å². The molecule has 0 bridgehead atoms. The smallest absolute Gasteiger partial charge is 0.325 e. The van der Waals surface area contributed by atoms with Crippen LogP contribution in [0.3, 0.4) is 0 Å². The highest BCUT2D eigenvalue weighted by atomic mass is 19.2. The molecule has 8 heteroatoms. The zero-order chi connectivity index (χ0) is 20.1. The van der Waals surface area contributed by atoms with E-state index in [9.17, 15) is 18.4 Å². The molecule has 1 aromatic carbocycles. The van der Waals surface area contributed by atoms with Crippen molar-refractivity contribution in [3.05, 3.63) is 34.9 Å². The van der Waals surface area contributed by atoms with E-state index in [1.165, 1.54) is 26.2 Å². The number of carbonyl (C=O) groups excluding carboxylic acids is 2. The maximum atomic E-state index is 13.8. The van der Waals surface area contributed by atoms with Gasteiger partial charge in [0.1, 0.15) is 6.54 Å². The van der Waals surface area contributed by atoms with Gasteiger partial charge in [-0.25, -0.2) is 8.78 Å². The molecule has 0 aliphatic rings. The number of benzene rings is 1. The van der Waals surface area contributed by atoms with Gasteiger partial charge in [0.2, 0.25) is 5.91 Å². The summed E-state index contributed by atoms with van der Waals surface area (Å²) in [7, 11) is 3.91. The molecule has 0 heterocycles. The Kier molecular flexibility index (Phi) is 7.65. The Hall–Kier alpha value is -2.06. The molecular formula is C18H25F2NO5. The van der Waals surface area contributed by atoms with E-state index in [1.54, 1.807) is 20.8 Å². The van der Waals surface area contributed by atoms with Crippen molar-refractivity contribution in [1.82, 2.24) is 4.90 Å². The molecule has 0 aliphatic carbocycles. The van der Waals surface area contributed by atoms with E-state index in [1.807, 2.05) is 0 Å². The third-order valence-corrected chi connectivity index (χ3v) is 3.70. The maximum absolute atomic E-state index is 13.8. The van der Waals surface area contributed by atoms with E-state index in [2.05, 4.69) is 4.74 Å². The van der Waals surface area contributed by atoms with E-state index in [4.69, 9.17) is 9.47 Å². The Morgan fingerprint density at radius 2 is 1.62 bits per heavy atom. The van der Waals surface area contributed by atoms with Crippen molar-refractivity contribution < 1.29 is 32.6 Å². The number of ether oxygens (including phenoxy) is 3. The third-order valence-electron chi connectivity index (χ3n) is 3.70. The molecule has 1 amide bonds. The summed E-state index contributed by atoms with van der Waals surface area (Å²) in [5.41, 5.74) is -0.293. The van der Waals surface area contributed by atoms with E-state index in [-0.39, 0.29) is 30.1 Å². The second kappa shape index (κ2) is 9.05. The largest absolute Gasteiger partial charge is 0.468 e. The number of carbonyl (C=O) groups is 2. The van der Waals surface area contributed by atoms with Crippen LogP contribution < -0.4 is 0 Å². The van der Waals surface area contributed by atoms with Crippen molar-refractivity contribution in [2.24, 2.45) is 5.41 Å². The SMILES string of the molecule is COC(=O)CN(Cc1cc(F)c(F)cc1C(OC)OC)C(=O)C(C)(C)C. The molecule has 0 unspecified atom stereocenters. The topological polar surface area (TPSA) is 65.1 Å². The average Bonchev–Trinajstić information content (AvgIpc) is 2.57. The molecule has 1 rings (SSSR count). The minimum Gasteiger partial charge on any atom is -0.468 e. The summed E-state index contributed by atoms with van der Waals surface area (Å²) in [6.07, 6.45) is -0.954. The molecule has 1 aromatic rings. The molecule has 0 aliphatic heterocycles. The van der Waals surface area contributed by atoms with Crippen LogP contribution in [0.1, 0.15) is 38.2 Å². The highest BCUT2D eigenvalue weighted by molar-refractivity contribution is 5.85. The quantitative estimate of drug-likeness (QED) is 0.543. The zero-order valence-corrected chi connectivity index (χ0v) is 15.9. The number of hydrogen-bond acceptors (Lipinski definition) is 5. The number of halogens is 2. The fourth-order valence-electron chi connectivity index (χ4n) is 2.41. The zero-order valence-electron chi connectivity index (χ0n) is 15.9. The van der Waals surface area contributed by atoms with Gasteiger partial charge >= 0.3 is 5.97 Å². The van der Waals surface area contributed by atoms with Gasteiger partial charge < -0.3 is 19.1 Å². The summed E-state index contributed by atoms with van der Waals surface area (Å²) in [5.74, 6) is -3.10. The van der Waals surface area contributed by atoms with Crippen molar-refractivity contribution in [2.75, 3.05) is 27.9 Å². The molecule has 0 aromatic heterocycles. The Balaban J connectivity index is 3.34. The van der Waals surface area contributed by atoms with Crippen LogP contribution in [0.15, 0.2) is 12.1 Å². The van der Waals surface area contributed by atoms with Gasteiger partial charge in [0.05, 0.1) is 7.11 Å². The van der Waals surface area contributed by atoms with Gasteiger partial charge in [0.25, 0.3) is 0 Å². The van der Waals surface area contributed by atoms with Crippen LogP contribution in [-0.2, 0) is 30.3 Å². The highest BCUT2D eigenvalue weighted by Gasteiger charge is 2.30. The number of hydrogen-bond donors (Lipinski definition) is 0. The van der Waals surface area contributed by atoms with Gasteiger partial charge in [-0.15, -0.1) is 0 Å². The first-order valence-electron chi connectivity index (χ1n) is 7.94. The van der Waals surface area contributed by atoms with E-state index >= 15 is 0 Å². The lowest BCUT2D eigenvalue weighted by Gasteiger charge is -2.30. The first kappa shape index (κ1) is 22.0. The van der Waals surface area contributed by atoms with Crippen molar-refractivity contribution in [3.8, 4) is 0 Å². The second-order valence-electron chi connectivity index (χ2n) is 6.76. The Morgan fingerprint density at radius 1 is 1.08 bits per heavy atom. The van der Waals surface area contributed by atoms with Crippen LogP contribution in [0.5, 0.6) is 0 Å². The first-order chi connectivity index (χ1) is 12.0. The van der Waals surface area contributed by atoms with Gasteiger partial charge in [-0.1, -0.05) is 20.8 Å². The minimum atomic E-state index is -1.07. The third kappa shape index (κ3) is 5.47. The predicted octanol–water partition coefficient (Wildman–Crippen LogP) is 2.80. The lowest BCUT2D eigenvalue weighted by molar-refractivity contribution is -0.150. The average molecular weight is 373 g/mol. The van der Waals surface area contributed by atoms with Gasteiger partial charge in [-0.3, -0.25) is 9.59 Å². The van der Waals surface area contributed by atoms with E-state index < -0.39 is 29.3 Å². The molecule has 0 saturated heterocycles. The molecule has 0 N–H and O–H groups in total. The van der Waals surface area contributed by atoms with E-state index in [0.29, 0.717) is 0 Å². The van der Waals surface area contributed by atoms with Crippen LogP contribution in [0.2, 0.25) is 0 Å². The molecule has 146 valence electrons. The van der Waals surface area contributed by atoms with Crippen molar-refractivity contribution in [2.45, 2.75) is 33.6 Å². The summed E-state index contributed by atoms with van der Waals surface area (Å²) in [4.78, 5) is 25.6. The van der Waals surface area contributed by atoms with Crippen LogP contribution in [0.25, 0.3) is 0 Å². The Bertz CT molecular complexity index is 654. The molecule has 6 nitrogen and oxygen atoms in total. The minimum absolute atomic E-state index is 0.138. The highest BCUT2D eigenvalue weighted by Crippen LogP contribution is 2.27. The van der Waals surface area contributed by atoms with E-state index in [0.717, 1.165) is 12.1 Å². The fraction of sp³-hybridized carbons (Fsp3) is 0.556. The number of methoxy groups -OCH3 is 3. The van der Waals surface area contributed by atoms with Crippen molar-refractivity contribution in [1.29, 1.82) is 0 Å². The molecular weight excluding hydrogens is 348 g/mol. The van der Waals surface area contributed by atoms with Crippen LogP contribution in [-0.4, -0.2) is 44.7 Å². The van der Waals surface area contributed by atoms with Crippen LogP contribution >= 0.6 is 0 Å². The summed E-state index contributed by atoms with van der Waals surface area (Å²) in [5, 5.41) is 0. The maximum Gasteiger partial charge on any atom is 0.325 e. The van der Waals surface area contributed by atoms with Crippen LogP contribution in [0, 0.1) is 17.0 Å². The summed E-state index contributed by atoms with van der Waals surface area (Å²) in [6.45, 7) is 4.62. The fourth-order valence-corrected chi connectivity index (χ4v) is 2.41. The lowest BCUT2D eigenvalue weighted by atomic mass is 9.94. The predicted molar refractivity (Wildman–Crippen MR) is 90.0 cm³/mol. The Morgan fingerprint density at radius 3 is 2.08 bits per heavy atom. The van der Waals surface area contributed by atoms with Gasteiger partial charge in [0, 0.05) is 31.7 Å². The monoisotopic (exact) mass is 373 g/mol. The molecule has 0 atom stereocenters. The summed E-state index contributed by atoms with van der Waals surface area (Å²) >= 11 is 0. The molecule has 0 radical (unpaired) electrons. The van der Waals surface area contributed by atoms with Crippen molar-refractivity contribution in [3.63, 3.8) is 0 Å². The second-order valence-corrected chi connectivity index (χ2v) is 6.76. The molecule has 0 saturated carbocycles. The van der Waals surface area contributed by atoms with Gasteiger partial charge in [-0.05, 0) is 17.7 Å². The molecule has 26 heavy (non-hydrogen) atoms. The first-order valence-corrected chi connectivity index (χ1v) is 7.94. The number of esters is 1. The number of rotatable bonds is 7. The lowest BCUT2D eigenvalue weighted by Crippen LogP contribution is -2.42. The molecule has 0 fully saturated rings.